The van der Waals surface area contributed by atoms with Gasteiger partial charge < -0.3 is 24.0 Å². The summed E-state index contributed by atoms with van der Waals surface area (Å²) >= 11 is 0. The van der Waals surface area contributed by atoms with Gasteiger partial charge in [0.25, 0.3) is 5.91 Å². The maximum Gasteiger partial charge on any atom is 0.254 e. The average Bonchev–Trinajstić information content (AvgIpc) is 3.26. The molecule has 1 amide bonds. The molecule has 1 aliphatic heterocycles. The summed E-state index contributed by atoms with van der Waals surface area (Å²) in [4.78, 5) is 19.6. The van der Waals surface area contributed by atoms with Gasteiger partial charge in [0.15, 0.2) is 0 Å². The molecule has 0 spiro atoms. The summed E-state index contributed by atoms with van der Waals surface area (Å²) in [5.41, 5.74) is 3.88. The number of hydrogen-bond acceptors (Lipinski definition) is 6. The highest BCUT2D eigenvalue weighted by atomic mass is 19.1. The van der Waals surface area contributed by atoms with Crippen LogP contribution in [0, 0.1) is 12.7 Å². The summed E-state index contributed by atoms with van der Waals surface area (Å²) in [7, 11) is 3.71. The predicted octanol–water partition coefficient (Wildman–Crippen LogP) is 3.83. The molecule has 3 aromatic rings. The Morgan fingerprint density at radius 3 is 2.41 bits per heavy atom. The lowest BCUT2D eigenvalue weighted by molar-refractivity contribution is 0.0680. The number of piperazine rings is 1. The molecule has 0 aliphatic carbocycles. The van der Waals surface area contributed by atoms with Crippen LogP contribution in [0.3, 0.4) is 0 Å². The van der Waals surface area contributed by atoms with E-state index in [-0.39, 0.29) is 11.7 Å². The summed E-state index contributed by atoms with van der Waals surface area (Å²) in [5.74, 6) is 0.253. The van der Waals surface area contributed by atoms with Gasteiger partial charge in [-0.15, -0.1) is 0 Å². The predicted molar refractivity (Wildman–Crippen MR) is 129 cm³/mol. The highest BCUT2D eigenvalue weighted by molar-refractivity contribution is 5.94. The Morgan fingerprint density at radius 1 is 1.09 bits per heavy atom. The van der Waals surface area contributed by atoms with Crippen molar-refractivity contribution in [3.05, 3.63) is 71.0 Å². The van der Waals surface area contributed by atoms with Crippen LogP contribution in [-0.4, -0.2) is 74.4 Å². The van der Waals surface area contributed by atoms with E-state index in [1.54, 1.807) is 24.1 Å². The fraction of sp³-hybridized carbons (Fsp3) is 0.385. The van der Waals surface area contributed by atoms with Crippen molar-refractivity contribution in [3.63, 3.8) is 0 Å². The van der Waals surface area contributed by atoms with E-state index in [9.17, 15) is 9.18 Å². The molecule has 0 radical (unpaired) electrons. The Bertz CT molecular complexity index is 1090. The lowest BCUT2D eigenvalue weighted by Crippen LogP contribution is -2.45. The Morgan fingerprint density at radius 2 is 1.76 bits per heavy atom. The van der Waals surface area contributed by atoms with E-state index in [0.717, 1.165) is 42.9 Å². The van der Waals surface area contributed by atoms with Gasteiger partial charge in [-0.25, -0.2) is 4.39 Å². The van der Waals surface area contributed by atoms with Crippen molar-refractivity contribution >= 4 is 11.8 Å². The van der Waals surface area contributed by atoms with Crippen LogP contribution < -0.4 is 4.90 Å². The quantitative estimate of drug-likeness (QED) is 0.503. The molecule has 0 bridgehead atoms. The summed E-state index contributed by atoms with van der Waals surface area (Å²) < 4.78 is 24.7. The number of carbonyl (C=O) groups is 1. The molecule has 0 saturated carbocycles. The molecule has 1 aliphatic rings. The molecular weight excluding hydrogens is 435 g/mol. The number of rotatable bonds is 8. The van der Waals surface area contributed by atoms with Gasteiger partial charge >= 0.3 is 0 Å². The lowest BCUT2D eigenvalue weighted by Gasteiger charge is -2.33. The third kappa shape index (κ3) is 5.46. The van der Waals surface area contributed by atoms with Gasteiger partial charge in [-0.2, -0.15) is 0 Å². The molecule has 1 saturated heterocycles. The normalized spacial score (nSPS) is 14.4. The first kappa shape index (κ1) is 23.9. The highest BCUT2D eigenvalue weighted by Gasteiger charge is 2.28. The van der Waals surface area contributed by atoms with Gasteiger partial charge in [0.05, 0.1) is 18.7 Å². The van der Waals surface area contributed by atoms with Crippen molar-refractivity contribution in [3.8, 4) is 11.3 Å². The van der Waals surface area contributed by atoms with E-state index in [1.807, 2.05) is 31.2 Å². The molecule has 2 aromatic carbocycles. The van der Waals surface area contributed by atoms with Crippen LogP contribution in [0.25, 0.3) is 11.3 Å². The van der Waals surface area contributed by atoms with Gasteiger partial charge in [-0.3, -0.25) is 4.79 Å². The second-order valence-electron chi connectivity index (χ2n) is 8.70. The average molecular weight is 467 g/mol. The van der Waals surface area contributed by atoms with Crippen LogP contribution in [0.2, 0.25) is 0 Å². The number of carbonyl (C=O) groups excluding carboxylic acids is 1. The van der Waals surface area contributed by atoms with Crippen molar-refractivity contribution in [2.45, 2.75) is 13.5 Å². The minimum atomic E-state index is -0.315. The van der Waals surface area contributed by atoms with Crippen LogP contribution in [0.4, 0.5) is 10.3 Å². The number of amides is 1. The molecule has 180 valence electrons. The zero-order chi connectivity index (χ0) is 24.1. The lowest BCUT2D eigenvalue weighted by atomic mass is 10.1. The maximum absolute atomic E-state index is 13.6. The summed E-state index contributed by atoms with van der Waals surface area (Å²) in [5, 5.41) is 4.37. The fourth-order valence-corrected chi connectivity index (χ4v) is 4.06. The largest absolute Gasteiger partial charge is 0.383 e. The van der Waals surface area contributed by atoms with Gasteiger partial charge in [-0.1, -0.05) is 22.9 Å². The van der Waals surface area contributed by atoms with Crippen molar-refractivity contribution in [1.82, 2.24) is 15.0 Å². The second kappa shape index (κ2) is 10.8. The van der Waals surface area contributed by atoms with Crippen molar-refractivity contribution in [2.75, 3.05) is 58.4 Å². The zero-order valence-corrected chi connectivity index (χ0v) is 20.0. The number of anilines is 1. The molecule has 0 atom stereocenters. The minimum Gasteiger partial charge on any atom is -0.383 e. The van der Waals surface area contributed by atoms with Crippen LogP contribution >= 0.6 is 0 Å². The number of aromatic nitrogens is 1. The summed E-state index contributed by atoms with van der Waals surface area (Å²) in [6.45, 7) is 6.51. The monoisotopic (exact) mass is 466 g/mol. The van der Waals surface area contributed by atoms with Crippen LogP contribution in [0.15, 0.2) is 53.1 Å². The molecule has 1 fully saturated rings. The molecule has 34 heavy (non-hydrogen) atoms. The second-order valence-corrected chi connectivity index (χ2v) is 8.70. The Hall–Kier alpha value is -3.23. The third-order valence-corrected chi connectivity index (χ3v) is 6.18. The fourth-order valence-electron chi connectivity index (χ4n) is 4.06. The van der Waals surface area contributed by atoms with Crippen LogP contribution in [0.5, 0.6) is 0 Å². The Balaban J connectivity index is 1.70. The number of hydrogen-bond donors (Lipinski definition) is 0. The van der Waals surface area contributed by atoms with E-state index in [4.69, 9.17) is 9.26 Å². The number of aryl methyl sites for hydroxylation is 1. The number of methoxy groups -OCH3 is 1. The zero-order valence-electron chi connectivity index (χ0n) is 20.0. The standard InChI is InChI=1S/C26H31FN4O3/c1-19-4-6-21(7-5-19)25(32)31(16-17-33-3)18-23-24(20-8-10-22(27)11-9-20)28-34-26(23)30-14-12-29(2)13-15-30/h4-11H,12-18H2,1-3H3. The van der Waals surface area contributed by atoms with E-state index < -0.39 is 0 Å². The smallest absolute Gasteiger partial charge is 0.254 e. The molecule has 0 N–H and O–H groups in total. The molecular formula is C26H31FN4O3. The molecule has 2 heterocycles. The molecule has 1 aromatic heterocycles. The van der Waals surface area contributed by atoms with Crippen LogP contribution in [-0.2, 0) is 11.3 Å². The van der Waals surface area contributed by atoms with Crippen molar-refractivity contribution < 1.29 is 18.4 Å². The van der Waals surface area contributed by atoms with Gasteiger partial charge in [0.1, 0.15) is 11.5 Å². The maximum atomic E-state index is 13.6. The molecule has 7 nitrogen and oxygen atoms in total. The van der Waals surface area contributed by atoms with E-state index in [2.05, 4.69) is 22.0 Å². The molecule has 0 unspecified atom stereocenters. The Kier molecular flexibility index (Phi) is 7.59. The SMILES string of the molecule is COCCN(Cc1c(-c2ccc(F)cc2)noc1N1CCN(C)CC1)C(=O)c1ccc(C)cc1. The number of benzene rings is 2. The van der Waals surface area contributed by atoms with Gasteiger partial charge in [-0.05, 0) is 50.4 Å². The van der Waals surface area contributed by atoms with Crippen molar-refractivity contribution in [1.29, 1.82) is 0 Å². The Labute approximate surface area is 199 Å². The van der Waals surface area contributed by atoms with E-state index >= 15 is 0 Å². The van der Waals surface area contributed by atoms with E-state index in [1.165, 1.54) is 12.1 Å². The summed E-state index contributed by atoms with van der Waals surface area (Å²) in [6, 6.07) is 13.7. The number of ether oxygens (including phenoxy) is 1. The molecule has 4 rings (SSSR count). The minimum absolute atomic E-state index is 0.0902. The van der Waals surface area contributed by atoms with E-state index in [0.29, 0.717) is 36.8 Å². The number of nitrogens with zero attached hydrogens (tertiary/aromatic N) is 4. The van der Waals surface area contributed by atoms with Crippen molar-refractivity contribution in [2.24, 2.45) is 0 Å². The van der Waals surface area contributed by atoms with Crippen LogP contribution in [0.1, 0.15) is 21.5 Å². The third-order valence-electron chi connectivity index (χ3n) is 6.18. The molecule has 8 heteroatoms. The first-order valence-electron chi connectivity index (χ1n) is 11.5. The first-order chi connectivity index (χ1) is 16.5. The first-order valence-corrected chi connectivity index (χ1v) is 11.5. The number of halogens is 1. The number of likely N-dealkylation sites (N-methyl/N-ethyl adjacent to an activating group) is 1. The summed E-state index contributed by atoms with van der Waals surface area (Å²) in [6.07, 6.45) is 0. The van der Waals surface area contributed by atoms with Gasteiger partial charge in [0.2, 0.25) is 5.88 Å². The van der Waals surface area contributed by atoms with Gasteiger partial charge in [0, 0.05) is 51.0 Å². The highest BCUT2D eigenvalue weighted by Crippen LogP contribution is 2.33. The topological polar surface area (TPSA) is 62.1 Å².